The molecule has 176 valence electrons. The highest BCUT2D eigenvalue weighted by Crippen LogP contribution is 2.23. The third-order valence-electron chi connectivity index (χ3n) is 5.43. The maximum Gasteiger partial charge on any atom is 0.342 e. The van der Waals surface area contributed by atoms with Gasteiger partial charge in [-0.3, -0.25) is 9.59 Å². The quantitative estimate of drug-likeness (QED) is 0.477. The van der Waals surface area contributed by atoms with Crippen molar-refractivity contribution in [1.29, 1.82) is 0 Å². The Labute approximate surface area is 201 Å². The van der Waals surface area contributed by atoms with Gasteiger partial charge in [0, 0.05) is 36.8 Å². The number of esters is 1. The van der Waals surface area contributed by atoms with E-state index < -0.39 is 12.6 Å². The van der Waals surface area contributed by atoms with Gasteiger partial charge in [0.1, 0.15) is 17.9 Å². The molecule has 4 rings (SSSR count). The molecule has 0 atom stereocenters. The summed E-state index contributed by atoms with van der Waals surface area (Å²) in [5, 5.41) is 0.569. The first-order chi connectivity index (χ1) is 16.5. The Morgan fingerprint density at radius 3 is 2.32 bits per heavy atom. The van der Waals surface area contributed by atoms with Crippen LogP contribution in [0.25, 0.3) is 0 Å². The molecule has 8 nitrogen and oxygen atoms in total. The minimum absolute atomic E-state index is 0.184. The molecule has 0 bridgehead atoms. The SMILES string of the molecule is O=C(OCC(=O)N1CCN(C(=O)c2ccco2)CC1)c1ccccc1OCc1ccccc1Cl. The van der Waals surface area contributed by atoms with E-state index in [1.807, 2.05) is 18.2 Å². The van der Waals surface area contributed by atoms with Crippen LogP contribution in [0.1, 0.15) is 26.5 Å². The Bertz CT molecular complexity index is 1160. The van der Waals surface area contributed by atoms with Gasteiger partial charge < -0.3 is 23.7 Å². The fraction of sp³-hybridized carbons (Fsp3) is 0.240. The van der Waals surface area contributed by atoms with Crippen LogP contribution in [0, 0.1) is 0 Å². The van der Waals surface area contributed by atoms with Crippen LogP contribution in [0.3, 0.4) is 0 Å². The highest BCUT2D eigenvalue weighted by molar-refractivity contribution is 6.31. The number of halogens is 1. The highest BCUT2D eigenvalue weighted by atomic mass is 35.5. The van der Waals surface area contributed by atoms with Crippen LogP contribution in [0.15, 0.2) is 71.3 Å². The van der Waals surface area contributed by atoms with Crippen molar-refractivity contribution in [1.82, 2.24) is 9.80 Å². The molecule has 3 aromatic rings. The van der Waals surface area contributed by atoms with Gasteiger partial charge in [0.25, 0.3) is 11.8 Å². The van der Waals surface area contributed by atoms with Crippen LogP contribution in [-0.4, -0.2) is 60.4 Å². The normalized spacial score (nSPS) is 13.4. The number of benzene rings is 2. The molecule has 1 aliphatic rings. The summed E-state index contributed by atoms with van der Waals surface area (Å²) in [5.74, 6) is -0.589. The van der Waals surface area contributed by atoms with E-state index in [9.17, 15) is 14.4 Å². The smallest absolute Gasteiger partial charge is 0.342 e. The molecule has 1 fully saturated rings. The lowest BCUT2D eigenvalue weighted by Crippen LogP contribution is -2.51. The van der Waals surface area contributed by atoms with Crippen molar-refractivity contribution in [2.75, 3.05) is 32.8 Å². The number of amides is 2. The maximum atomic E-state index is 12.6. The fourth-order valence-corrected chi connectivity index (χ4v) is 3.73. The summed E-state index contributed by atoms with van der Waals surface area (Å²) < 4.78 is 16.2. The summed E-state index contributed by atoms with van der Waals surface area (Å²) in [6.07, 6.45) is 1.45. The lowest BCUT2D eigenvalue weighted by atomic mass is 10.2. The number of furan rings is 1. The second kappa shape index (κ2) is 10.9. The highest BCUT2D eigenvalue weighted by Gasteiger charge is 2.27. The zero-order valence-corrected chi connectivity index (χ0v) is 19.1. The molecule has 2 heterocycles. The predicted molar refractivity (Wildman–Crippen MR) is 124 cm³/mol. The Hall–Kier alpha value is -3.78. The number of hydrogen-bond acceptors (Lipinski definition) is 6. The van der Waals surface area contributed by atoms with Gasteiger partial charge in [0.2, 0.25) is 0 Å². The lowest BCUT2D eigenvalue weighted by molar-refractivity contribution is -0.136. The zero-order chi connectivity index (χ0) is 23.9. The van der Waals surface area contributed by atoms with Gasteiger partial charge in [-0.2, -0.15) is 0 Å². The molecule has 1 aromatic heterocycles. The second-order valence-electron chi connectivity index (χ2n) is 7.60. The van der Waals surface area contributed by atoms with Crippen LogP contribution >= 0.6 is 11.6 Å². The summed E-state index contributed by atoms with van der Waals surface area (Å²) in [6.45, 7) is 1.23. The van der Waals surface area contributed by atoms with Crippen LogP contribution in [0.5, 0.6) is 5.75 Å². The second-order valence-corrected chi connectivity index (χ2v) is 8.01. The first kappa shape index (κ1) is 23.4. The number of carbonyl (C=O) groups excluding carboxylic acids is 3. The van der Waals surface area contributed by atoms with Crippen molar-refractivity contribution in [3.05, 3.63) is 88.8 Å². The van der Waals surface area contributed by atoms with Crippen molar-refractivity contribution in [3.8, 4) is 5.75 Å². The standard InChI is InChI=1S/C25H23ClN2O6/c26-20-8-3-1-6-18(20)16-33-21-9-4-2-7-19(21)25(31)34-17-23(29)27-11-13-28(14-12-27)24(30)22-10-5-15-32-22/h1-10,15H,11-14,16-17H2. The molecule has 0 N–H and O–H groups in total. The molecule has 0 aliphatic carbocycles. The average Bonchev–Trinajstić information content (AvgIpc) is 3.41. The maximum absolute atomic E-state index is 12.6. The van der Waals surface area contributed by atoms with Gasteiger partial charge in [-0.1, -0.05) is 41.9 Å². The molecule has 9 heteroatoms. The first-order valence-corrected chi connectivity index (χ1v) is 11.1. The molecule has 0 radical (unpaired) electrons. The Morgan fingerprint density at radius 2 is 1.59 bits per heavy atom. The Kier molecular flexibility index (Phi) is 7.49. The monoisotopic (exact) mass is 482 g/mol. The van der Waals surface area contributed by atoms with E-state index in [1.165, 1.54) is 6.26 Å². The van der Waals surface area contributed by atoms with Crippen molar-refractivity contribution in [3.63, 3.8) is 0 Å². The third-order valence-corrected chi connectivity index (χ3v) is 5.80. The van der Waals surface area contributed by atoms with E-state index in [1.54, 1.807) is 52.3 Å². The third kappa shape index (κ3) is 5.58. The van der Waals surface area contributed by atoms with Crippen LogP contribution in [-0.2, 0) is 16.1 Å². The van der Waals surface area contributed by atoms with E-state index in [4.69, 9.17) is 25.5 Å². The number of piperazine rings is 1. The van der Waals surface area contributed by atoms with Crippen molar-refractivity contribution < 1.29 is 28.3 Å². The molecular weight excluding hydrogens is 460 g/mol. The lowest BCUT2D eigenvalue weighted by Gasteiger charge is -2.34. The van der Waals surface area contributed by atoms with Crippen molar-refractivity contribution in [2.24, 2.45) is 0 Å². The topological polar surface area (TPSA) is 89.3 Å². The Morgan fingerprint density at radius 1 is 0.882 bits per heavy atom. The van der Waals surface area contributed by atoms with E-state index in [0.717, 1.165) is 5.56 Å². The minimum atomic E-state index is -0.658. The van der Waals surface area contributed by atoms with Crippen LogP contribution < -0.4 is 4.74 Å². The van der Waals surface area contributed by atoms with Gasteiger partial charge in [-0.25, -0.2) is 4.79 Å². The molecule has 34 heavy (non-hydrogen) atoms. The average molecular weight is 483 g/mol. The fourth-order valence-electron chi connectivity index (χ4n) is 3.54. The molecular formula is C25H23ClN2O6. The van der Waals surface area contributed by atoms with E-state index in [-0.39, 0.29) is 29.7 Å². The molecule has 0 unspecified atom stereocenters. The zero-order valence-electron chi connectivity index (χ0n) is 18.3. The van der Waals surface area contributed by atoms with Gasteiger partial charge >= 0.3 is 5.97 Å². The number of nitrogens with zero attached hydrogens (tertiary/aromatic N) is 2. The number of carbonyl (C=O) groups is 3. The number of rotatable bonds is 7. The van der Waals surface area contributed by atoms with E-state index >= 15 is 0 Å². The molecule has 2 aromatic carbocycles. The number of para-hydroxylation sites is 1. The number of hydrogen-bond donors (Lipinski definition) is 0. The number of ether oxygens (including phenoxy) is 2. The van der Waals surface area contributed by atoms with Crippen LogP contribution in [0.4, 0.5) is 0 Å². The molecule has 2 amide bonds. The Balaban J connectivity index is 1.28. The summed E-state index contributed by atoms with van der Waals surface area (Å²) in [4.78, 5) is 40.7. The molecule has 1 saturated heterocycles. The molecule has 0 saturated carbocycles. The van der Waals surface area contributed by atoms with Gasteiger partial charge in [-0.15, -0.1) is 0 Å². The molecule has 1 aliphatic heterocycles. The minimum Gasteiger partial charge on any atom is -0.488 e. The summed E-state index contributed by atoms with van der Waals surface area (Å²) in [5.41, 5.74) is 1.00. The van der Waals surface area contributed by atoms with Gasteiger partial charge in [0.05, 0.1) is 6.26 Å². The predicted octanol–water partition coefficient (Wildman–Crippen LogP) is 3.65. The van der Waals surface area contributed by atoms with Gasteiger partial charge in [-0.05, 0) is 30.3 Å². The largest absolute Gasteiger partial charge is 0.488 e. The summed E-state index contributed by atoms with van der Waals surface area (Å²) >= 11 is 6.16. The summed E-state index contributed by atoms with van der Waals surface area (Å²) in [6, 6.07) is 17.2. The van der Waals surface area contributed by atoms with Crippen LogP contribution in [0.2, 0.25) is 5.02 Å². The van der Waals surface area contributed by atoms with Gasteiger partial charge in [0.15, 0.2) is 12.4 Å². The van der Waals surface area contributed by atoms with Crippen molar-refractivity contribution >= 4 is 29.4 Å². The summed E-state index contributed by atoms with van der Waals surface area (Å²) in [7, 11) is 0. The molecule has 0 spiro atoms. The van der Waals surface area contributed by atoms with Crippen molar-refractivity contribution in [2.45, 2.75) is 6.61 Å². The first-order valence-electron chi connectivity index (χ1n) is 10.8. The van der Waals surface area contributed by atoms with E-state index in [2.05, 4.69) is 0 Å². The van der Waals surface area contributed by atoms with E-state index in [0.29, 0.717) is 37.0 Å².